The summed E-state index contributed by atoms with van der Waals surface area (Å²) >= 11 is 0. The molecule has 0 amide bonds. The zero-order valence-corrected chi connectivity index (χ0v) is 20.0. The molecule has 0 bridgehead atoms. The Bertz CT molecular complexity index is 990. The Kier molecular flexibility index (Phi) is 9.45. The number of para-hydroxylation sites is 1. The third kappa shape index (κ3) is 7.14. The molecule has 1 N–H and O–H groups in total. The van der Waals surface area contributed by atoms with Crippen LogP contribution in [0.2, 0.25) is 0 Å². The van der Waals surface area contributed by atoms with Crippen LogP contribution in [0.5, 0.6) is 11.6 Å². The number of aromatic nitrogens is 2. The summed E-state index contributed by atoms with van der Waals surface area (Å²) in [5.74, 6) is 1.43. The lowest BCUT2D eigenvalue weighted by Gasteiger charge is -2.25. The SMILES string of the molecule is CCOC[C@H](O)CN(CCOC)Cc1c(C)nn(-c2ccccc2)c1Oc1cccc(C)c1. The molecular weight excluding hydrogens is 418 g/mol. The predicted molar refractivity (Wildman–Crippen MR) is 129 cm³/mol. The number of hydrogen-bond acceptors (Lipinski definition) is 6. The minimum Gasteiger partial charge on any atom is -0.439 e. The number of nitrogens with zero attached hydrogens (tertiary/aromatic N) is 3. The minimum absolute atomic E-state index is 0.300. The van der Waals surface area contributed by atoms with E-state index < -0.39 is 6.10 Å². The number of aliphatic hydroxyl groups excluding tert-OH is 1. The molecule has 178 valence electrons. The van der Waals surface area contributed by atoms with Crippen molar-refractivity contribution in [3.8, 4) is 17.3 Å². The van der Waals surface area contributed by atoms with E-state index in [-0.39, 0.29) is 0 Å². The van der Waals surface area contributed by atoms with Gasteiger partial charge in [0.25, 0.3) is 0 Å². The molecule has 1 aromatic heterocycles. The molecule has 0 spiro atoms. The summed E-state index contributed by atoms with van der Waals surface area (Å²) in [6.45, 7) is 9.08. The Balaban J connectivity index is 1.95. The highest BCUT2D eigenvalue weighted by Gasteiger charge is 2.22. The minimum atomic E-state index is -0.590. The van der Waals surface area contributed by atoms with Gasteiger partial charge in [-0.05, 0) is 50.6 Å². The molecule has 3 rings (SSSR count). The largest absolute Gasteiger partial charge is 0.439 e. The summed E-state index contributed by atoms with van der Waals surface area (Å²) < 4.78 is 19.0. The standard InChI is InChI=1S/C26H35N3O4/c1-5-32-19-23(30)17-28(14-15-31-4)18-25-21(3)27-29(22-11-7-6-8-12-22)26(25)33-24-13-9-10-20(2)16-24/h6-13,16,23,30H,5,14-15,17-19H2,1-4H3/t23-/m1/s1. The van der Waals surface area contributed by atoms with Gasteiger partial charge in [0.1, 0.15) is 5.75 Å². The van der Waals surface area contributed by atoms with Crippen LogP contribution in [-0.2, 0) is 16.0 Å². The fourth-order valence-electron chi connectivity index (χ4n) is 3.64. The maximum Gasteiger partial charge on any atom is 0.227 e. The van der Waals surface area contributed by atoms with Crippen LogP contribution in [0.1, 0.15) is 23.7 Å². The van der Waals surface area contributed by atoms with Crippen molar-refractivity contribution in [1.29, 1.82) is 0 Å². The topological polar surface area (TPSA) is 69.0 Å². The van der Waals surface area contributed by atoms with Crippen LogP contribution in [0.25, 0.3) is 5.69 Å². The van der Waals surface area contributed by atoms with Gasteiger partial charge in [-0.15, -0.1) is 0 Å². The van der Waals surface area contributed by atoms with E-state index in [1.165, 1.54) is 0 Å². The maximum atomic E-state index is 10.5. The summed E-state index contributed by atoms with van der Waals surface area (Å²) in [5, 5.41) is 15.3. The van der Waals surface area contributed by atoms with Crippen LogP contribution >= 0.6 is 0 Å². The van der Waals surface area contributed by atoms with Crippen molar-refractivity contribution in [2.75, 3.05) is 40.0 Å². The number of rotatable bonds is 13. The third-order valence-electron chi connectivity index (χ3n) is 5.32. The van der Waals surface area contributed by atoms with Crippen molar-refractivity contribution < 1.29 is 19.3 Å². The molecule has 1 heterocycles. The number of methoxy groups -OCH3 is 1. The van der Waals surface area contributed by atoms with Gasteiger partial charge < -0.3 is 19.3 Å². The maximum absolute atomic E-state index is 10.5. The van der Waals surface area contributed by atoms with Gasteiger partial charge in [0.2, 0.25) is 5.88 Å². The molecule has 3 aromatic rings. The first-order valence-electron chi connectivity index (χ1n) is 11.4. The van der Waals surface area contributed by atoms with Crippen molar-refractivity contribution in [3.05, 3.63) is 71.4 Å². The molecular formula is C26H35N3O4. The Morgan fingerprint density at radius 3 is 2.58 bits per heavy atom. The van der Waals surface area contributed by atoms with Crippen molar-refractivity contribution in [1.82, 2.24) is 14.7 Å². The van der Waals surface area contributed by atoms with E-state index in [4.69, 9.17) is 19.3 Å². The highest BCUT2D eigenvalue weighted by atomic mass is 16.5. The van der Waals surface area contributed by atoms with Crippen LogP contribution in [0.3, 0.4) is 0 Å². The summed E-state index contributed by atoms with van der Waals surface area (Å²) in [7, 11) is 1.68. The number of ether oxygens (including phenoxy) is 3. The molecule has 2 aromatic carbocycles. The van der Waals surface area contributed by atoms with Crippen molar-refractivity contribution in [2.24, 2.45) is 0 Å². The molecule has 0 fully saturated rings. The van der Waals surface area contributed by atoms with Gasteiger partial charge >= 0.3 is 0 Å². The zero-order chi connectivity index (χ0) is 23.6. The predicted octanol–water partition coefficient (Wildman–Crippen LogP) is 4.13. The first kappa shape index (κ1) is 24.9. The lowest BCUT2D eigenvalue weighted by Crippen LogP contribution is -2.36. The van der Waals surface area contributed by atoms with Crippen LogP contribution < -0.4 is 4.74 Å². The fourth-order valence-corrected chi connectivity index (χ4v) is 3.64. The molecule has 0 aliphatic carbocycles. The summed E-state index contributed by atoms with van der Waals surface area (Å²) in [4.78, 5) is 2.15. The number of benzene rings is 2. The second-order valence-corrected chi connectivity index (χ2v) is 8.08. The lowest BCUT2D eigenvalue weighted by atomic mass is 10.2. The van der Waals surface area contributed by atoms with E-state index in [0.717, 1.165) is 28.3 Å². The molecule has 7 nitrogen and oxygen atoms in total. The van der Waals surface area contributed by atoms with E-state index in [9.17, 15) is 5.11 Å². The highest BCUT2D eigenvalue weighted by Crippen LogP contribution is 2.32. The number of aryl methyl sites for hydroxylation is 2. The third-order valence-corrected chi connectivity index (χ3v) is 5.32. The van der Waals surface area contributed by atoms with Crippen molar-refractivity contribution >= 4 is 0 Å². The van der Waals surface area contributed by atoms with E-state index in [1.54, 1.807) is 7.11 Å². The monoisotopic (exact) mass is 453 g/mol. The highest BCUT2D eigenvalue weighted by molar-refractivity contribution is 5.43. The second-order valence-electron chi connectivity index (χ2n) is 8.08. The fraction of sp³-hybridized carbons (Fsp3) is 0.423. The second kappa shape index (κ2) is 12.5. The van der Waals surface area contributed by atoms with Crippen LogP contribution in [0, 0.1) is 13.8 Å². The normalized spacial score (nSPS) is 12.3. The van der Waals surface area contributed by atoms with Gasteiger partial charge in [0.05, 0.1) is 36.3 Å². The van der Waals surface area contributed by atoms with Crippen molar-refractivity contribution in [2.45, 2.75) is 33.4 Å². The van der Waals surface area contributed by atoms with Gasteiger partial charge in [-0.25, -0.2) is 4.68 Å². The molecule has 0 unspecified atom stereocenters. The van der Waals surface area contributed by atoms with Crippen LogP contribution in [0.4, 0.5) is 0 Å². The molecule has 0 radical (unpaired) electrons. The van der Waals surface area contributed by atoms with Gasteiger partial charge in [-0.1, -0.05) is 30.3 Å². The van der Waals surface area contributed by atoms with E-state index in [0.29, 0.717) is 45.3 Å². The number of aliphatic hydroxyl groups is 1. The van der Waals surface area contributed by atoms with Gasteiger partial charge in [-0.2, -0.15) is 5.10 Å². The molecule has 0 aliphatic heterocycles. The van der Waals surface area contributed by atoms with Gasteiger partial charge in [0.15, 0.2) is 0 Å². The summed E-state index contributed by atoms with van der Waals surface area (Å²) in [6, 6.07) is 17.9. The smallest absolute Gasteiger partial charge is 0.227 e. The Morgan fingerprint density at radius 1 is 1.09 bits per heavy atom. The van der Waals surface area contributed by atoms with E-state index in [1.807, 2.05) is 80.1 Å². The molecule has 7 heteroatoms. The van der Waals surface area contributed by atoms with Gasteiger partial charge in [0, 0.05) is 33.4 Å². The average molecular weight is 454 g/mol. The van der Waals surface area contributed by atoms with E-state index in [2.05, 4.69) is 4.90 Å². The molecule has 33 heavy (non-hydrogen) atoms. The first-order valence-corrected chi connectivity index (χ1v) is 11.4. The summed E-state index contributed by atoms with van der Waals surface area (Å²) in [5.41, 5.74) is 3.90. The molecule has 0 saturated heterocycles. The average Bonchev–Trinajstić information content (AvgIpc) is 3.11. The van der Waals surface area contributed by atoms with Crippen molar-refractivity contribution in [3.63, 3.8) is 0 Å². The first-order chi connectivity index (χ1) is 16.0. The molecule has 1 atom stereocenters. The quantitative estimate of drug-likeness (QED) is 0.420. The number of hydrogen-bond donors (Lipinski definition) is 1. The lowest BCUT2D eigenvalue weighted by molar-refractivity contribution is 0.0147. The van der Waals surface area contributed by atoms with Crippen LogP contribution in [-0.4, -0.2) is 65.9 Å². The van der Waals surface area contributed by atoms with Crippen LogP contribution in [0.15, 0.2) is 54.6 Å². The molecule has 0 aliphatic rings. The van der Waals surface area contributed by atoms with Gasteiger partial charge in [-0.3, -0.25) is 4.90 Å². The van der Waals surface area contributed by atoms with E-state index >= 15 is 0 Å². The Hall–Kier alpha value is -2.71. The Morgan fingerprint density at radius 2 is 1.88 bits per heavy atom. The molecule has 0 saturated carbocycles. The zero-order valence-electron chi connectivity index (χ0n) is 20.0. The summed E-state index contributed by atoms with van der Waals surface area (Å²) in [6.07, 6.45) is -0.590. The Labute approximate surface area is 196 Å².